The number of aromatic nitrogens is 2. The number of rotatable bonds is 8. The molecular weight excluding hydrogens is 342 g/mol. The molecule has 0 saturated heterocycles. The smallest absolute Gasteiger partial charge is 0.254 e. The molecule has 1 aromatic heterocycles. The molecule has 6 nitrogen and oxygen atoms in total. The monoisotopic (exact) mass is 365 g/mol. The molecule has 27 heavy (non-hydrogen) atoms. The molecule has 6 heteroatoms. The zero-order valence-electron chi connectivity index (χ0n) is 15.6. The van der Waals surface area contributed by atoms with Crippen LogP contribution in [0.3, 0.4) is 0 Å². The van der Waals surface area contributed by atoms with Crippen molar-refractivity contribution in [3.8, 4) is 17.1 Å². The van der Waals surface area contributed by atoms with Crippen LogP contribution in [0.1, 0.15) is 36.5 Å². The van der Waals surface area contributed by atoms with Crippen molar-refractivity contribution in [2.24, 2.45) is 0 Å². The van der Waals surface area contributed by atoms with E-state index in [-0.39, 0.29) is 12.5 Å². The fraction of sp³-hybridized carbons (Fsp3) is 0.286. The Kier molecular flexibility index (Phi) is 6.20. The van der Waals surface area contributed by atoms with E-state index < -0.39 is 0 Å². The normalized spacial score (nSPS) is 10.6. The van der Waals surface area contributed by atoms with Crippen molar-refractivity contribution in [3.63, 3.8) is 0 Å². The first-order valence-corrected chi connectivity index (χ1v) is 9.11. The van der Waals surface area contributed by atoms with Crippen molar-refractivity contribution in [1.29, 1.82) is 0 Å². The molecule has 140 valence electrons. The predicted molar refractivity (Wildman–Crippen MR) is 102 cm³/mol. The highest BCUT2D eigenvalue weighted by molar-refractivity contribution is 5.94. The molecule has 0 unspecified atom stereocenters. The second-order valence-electron chi connectivity index (χ2n) is 6.07. The van der Waals surface area contributed by atoms with Crippen LogP contribution in [0.2, 0.25) is 0 Å². The lowest BCUT2D eigenvalue weighted by Gasteiger charge is -2.19. The molecule has 1 amide bonds. The average Bonchev–Trinajstić information content (AvgIpc) is 3.20. The fourth-order valence-corrected chi connectivity index (χ4v) is 2.61. The van der Waals surface area contributed by atoms with Gasteiger partial charge < -0.3 is 14.2 Å². The van der Waals surface area contributed by atoms with Gasteiger partial charge in [-0.25, -0.2) is 0 Å². The van der Waals surface area contributed by atoms with E-state index in [2.05, 4.69) is 17.1 Å². The summed E-state index contributed by atoms with van der Waals surface area (Å²) in [4.78, 5) is 18.8. The molecule has 0 aliphatic rings. The standard InChI is InChI=1S/C21H23N3O3/c1-3-14-26-18-12-10-17(11-13-18)21(25)24(4-2)15-19-22-20(23-27-19)16-8-6-5-7-9-16/h5-13H,3-4,14-15H2,1-2H3. The molecule has 0 atom stereocenters. The number of nitrogens with zero attached hydrogens (tertiary/aromatic N) is 3. The number of amides is 1. The largest absolute Gasteiger partial charge is 0.494 e. The number of carbonyl (C=O) groups excluding carboxylic acids is 1. The average molecular weight is 365 g/mol. The Morgan fingerprint density at radius 2 is 1.81 bits per heavy atom. The van der Waals surface area contributed by atoms with Crippen LogP contribution in [-0.4, -0.2) is 34.1 Å². The lowest BCUT2D eigenvalue weighted by Crippen LogP contribution is -2.30. The molecule has 0 N–H and O–H groups in total. The van der Waals surface area contributed by atoms with Crippen molar-refractivity contribution in [2.75, 3.05) is 13.2 Å². The third kappa shape index (κ3) is 4.73. The topological polar surface area (TPSA) is 68.5 Å². The second-order valence-corrected chi connectivity index (χ2v) is 6.07. The maximum atomic E-state index is 12.8. The van der Waals surface area contributed by atoms with E-state index in [9.17, 15) is 4.79 Å². The van der Waals surface area contributed by atoms with Gasteiger partial charge in [0.25, 0.3) is 5.91 Å². The molecule has 0 aliphatic carbocycles. The summed E-state index contributed by atoms with van der Waals surface area (Å²) in [5, 5.41) is 4.01. The van der Waals surface area contributed by atoms with Gasteiger partial charge in [0.1, 0.15) is 12.3 Å². The van der Waals surface area contributed by atoms with Crippen LogP contribution < -0.4 is 4.74 Å². The van der Waals surface area contributed by atoms with Gasteiger partial charge in [0.15, 0.2) is 0 Å². The summed E-state index contributed by atoms with van der Waals surface area (Å²) in [7, 11) is 0. The van der Waals surface area contributed by atoms with Gasteiger partial charge in [-0.1, -0.05) is 42.4 Å². The van der Waals surface area contributed by atoms with E-state index in [4.69, 9.17) is 9.26 Å². The van der Waals surface area contributed by atoms with Gasteiger partial charge >= 0.3 is 0 Å². The summed E-state index contributed by atoms with van der Waals surface area (Å²) in [5.41, 5.74) is 1.48. The first-order valence-electron chi connectivity index (χ1n) is 9.11. The highest BCUT2D eigenvalue weighted by Crippen LogP contribution is 2.18. The van der Waals surface area contributed by atoms with E-state index in [0.717, 1.165) is 17.7 Å². The Balaban J connectivity index is 1.68. The van der Waals surface area contributed by atoms with Gasteiger partial charge in [-0.3, -0.25) is 4.79 Å². The summed E-state index contributed by atoms with van der Waals surface area (Å²) in [6.07, 6.45) is 0.944. The Morgan fingerprint density at radius 3 is 2.48 bits per heavy atom. The van der Waals surface area contributed by atoms with Crippen LogP contribution in [0, 0.1) is 0 Å². The van der Waals surface area contributed by atoms with Crippen LogP contribution in [0.4, 0.5) is 0 Å². The van der Waals surface area contributed by atoms with Gasteiger partial charge in [0, 0.05) is 17.7 Å². The molecular formula is C21H23N3O3. The minimum Gasteiger partial charge on any atom is -0.494 e. The molecule has 0 bridgehead atoms. The maximum Gasteiger partial charge on any atom is 0.254 e. The second kappa shape index (κ2) is 8.98. The van der Waals surface area contributed by atoms with Crippen LogP contribution >= 0.6 is 0 Å². The summed E-state index contributed by atoms with van der Waals surface area (Å²) >= 11 is 0. The first-order chi connectivity index (χ1) is 13.2. The minimum atomic E-state index is -0.0843. The van der Waals surface area contributed by atoms with E-state index >= 15 is 0 Å². The van der Waals surface area contributed by atoms with Gasteiger partial charge in [-0.15, -0.1) is 0 Å². The van der Waals surface area contributed by atoms with Gasteiger partial charge in [-0.05, 0) is 37.6 Å². The molecule has 0 aliphatic heterocycles. The number of hydrogen-bond acceptors (Lipinski definition) is 5. The van der Waals surface area contributed by atoms with Crippen molar-refractivity contribution in [1.82, 2.24) is 15.0 Å². The lowest BCUT2D eigenvalue weighted by atomic mass is 10.2. The summed E-state index contributed by atoms with van der Waals surface area (Å²) < 4.78 is 10.9. The van der Waals surface area contributed by atoms with Crippen molar-refractivity contribution < 1.29 is 14.1 Å². The molecule has 0 spiro atoms. The minimum absolute atomic E-state index is 0.0843. The van der Waals surface area contributed by atoms with E-state index in [0.29, 0.717) is 30.4 Å². The van der Waals surface area contributed by atoms with E-state index in [1.807, 2.05) is 49.4 Å². The Bertz CT molecular complexity index is 860. The number of ether oxygens (including phenoxy) is 1. The van der Waals surface area contributed by atoms with Crippen molar-refractivity contribution >= 4 is 5.91 Å². The van der Waals surface area contributed by atoms with Crippen LogP contribution in [-0.2, 0) is 6.54 Å². The fourth-order valence-electron chi connectivity index (χ4n) is 2.61. The predicted octanol–water partition coefficient (Wildman–Crippen LogP) is 4.19. The van der Waals surface area contributed by atoms with Gasteiger partial charge in [-0.2, -0.15) is 4.98 Å². The maximum absolute atomic E-state index is 12.8. The molecule has 0 radical (unpaired) electrons. The van der Waals surface area contributed by atoms with Crippen molar-refractivity contribution in [2.45, 2.75) is 26.8 Å². The Labute approximate surface area is 158 Å². The third-order valence-electron chi connectivity index (χ3n) is 4.07. The first kappa shape index (κ1) is 18.6. The van der Waals surface area contributed by atoms with Gasteiger partial charge in [0.05, 0.1) is 6.61 Å². The Morgan fingerprint density at radius 1 is 1.07 bits per heavy atom. The summed E-state index contributed by atoms with van der Waals surface area (Å²) in [5.74, 6) is 1.61. The Hall–Kier alpha value is -3.15. The number of benzene rings is 2. The highest BCUT2D eigenvalue weighted by Gasteiger charge is 2.18. The summed E-state index contributed by atoms with van der Waals surface area (Å²) in [6.45, 7) is 5.44. The molecule has 0 fully saturated rings. The lowest BCUT2D eigenvalue weighted by molar-refractivity contribution is 0.0734. The highest BCUT2D eigenvalue weighted by atomic mass is 16.5. The molecule has 3 rings (SSSR count). The zero-order chi connectivity index (χ0) is 19.1. The van der Waals surface area contributed by atoms with Crippen molar-refractivity contribution in [3.05, 3.63) is 66.1 Å². The molecule has 2 aromatic carbocycles. The number of carbonyl (C=O) groups is 1. The SMILES string of the molecule is CCCOc1ccc(C(=O)N(CC)Cc2nc(-c3ccccc3)no2)cc1. The third-order valence-corrected chi connectivity index (χ3v) is 4.07. The van der Waals surface area contributed by atoms with E-state index in [1.165, 1.54) is 0 Å². The van der Waals surface area contributed by atoms with Crippen LogP contribution in [0.5, 0.6) is 5.75 Å². The van der Waals surface area contributed by atoms with Crippen LogP contribution in [0.25, 0.3) is 11.4 Å². The zero-order valence-corrected chi connectivity index (χ0v) is 15.6. The van der Waals surface area contributed by atoms with Gasteiger partial charge in [0.2, 0.25) is 11.7 Å². The molecule has 0 saturated carbocycles. The van der Waals surface area contributed by atoms with Crippen LogP contribution in [0.15, 0.2) is 59.1 Å². The van der Waals surface area contributed by atoms with E-state index in [1.54, 1.807) is 17.0 Å². The summed E-state index contributed by atoms with van der Waals surface area (Å²) in [6, 6.07) is 16.8. The quantitative estimate of drug-likeness (QED) is 0.599. The number of hydrogen-bond donors (Lipinski definition) is 0. The molecule has 3 aromatic rings. The molecule has 1 heterocycles.